The summed E-state index contributed by atoms with van der Waals surface area (Å²) in [6, 6.07) is 8.66. The molecule has 5 heterocycles. The molecule has 184 valence electrons. The van der Waals surface area contributed by atoms with Gasteiger partial charge >= 0.3 is 0 Å². The molecule has 2 aromatic rings. The normalized spacial score (nSPS) is 27.6. The molecule has 0 saturated carbocycles. The van der Waals surface area contributed by atoms with Crippen LogP contribution < -0.4 is 14.4 Å². The first-order valence-electron chi connectivity index (χ1n) is 12.1. The second kappa shape index (κ2) is 10.2. The number of methoxy groups -OCH3 is 1. The summed E-state index contributed by atoms with van der Waals surface area (Å²) in [6.07, 6.45) is 5.88. The summed E-state index contributed by atoms with van der Waals surface area (Å²) in [4.78, 5) is 16.4. The Hall–Kier alpha value is -2.27. The number of nitrogens with one attached hydrogen (secondary N) is 1. The molecule has 4 aliphatic heterocycles. The highest BCUT2D eigenvalue weighted by molar-refractivity contribution is 7.89. The molecule has 10 heteroatoms. The van der Waals surface area contributed by atoms with Gasteiger partial charge in [0, 0.05) is 64.2 Å². The fraction of sp³-hybridized carbons (Fsp3) is 0.583. The van der Waals surface area contributed by atoms with Gasteiger partial charge in [-0.15, -0.1) is 0 Å². The van der Waals surface area contributed by atoms with Crippen LogP contribution in [0.25, 0.3) is 0 Å². The Labute approximate surface area is 202 Å². The maximum absolute atomic E-state index is 12.7. The van der Waals surface area contributed by atoms with Gasteiger partial charge in [0.2, 0.25) is 16.0 Å². The zero-order chi connectivity index (χ0) is 23.5. The van der Waals surface area contributed by atoms with E-state index >= 15 is 0 Å². The van der Waals surface area contributed by atoms with Crippen LogP contribution in [0.15, 0.2) is 47.6 Å². The molecule has 4 saturated heterocycles. The fourth-order valence-electron chi connectivity index (χ4n) is 5.63. The average molecular weight is 487 g/mol. The van der Waals surface area contributed by atoms with Crippen molar-refractivity contribution in [3.05, 3.63) is 42.7 Å². The smallest absolute Gasteiger partial charge is 0.240 e. The van der Waals surface area contributed by atoms with E-state index in [-0.39, 0.29) is 10.9 Å². The molecule has 2 bridgehead atoms. The fourth-order valence-corrected chi connectivity index (χ4v) is 6.70. The quantitative estimate of drug-likeness (QED) is 0.597. The first-order chi connectivity index (χ1) is 16.5. The topological polar surface area (TPSA) is 90.9 Å². The molecular weight excluding hydrogens is 452 g/mol. The number of sulfonamides is 1. The van der Waals surface area contributed by atoms with E-state index in [2.05, 4.69) is 29.4 Å². The second-order valence-electron chi connectivity index (χ2n) is 9.56. The van der Waals surface area contributed by atoms with E-state index in [4.69, 9.17) is 4.74 Å². The van der Waals surface area contributed by atoms with E-state index in [1.54, 1.807) is 43.8 Å². The van der Waals surface area contributed by atoms with E-state index in [1.165, 1.54) is 6.42 Å². The number of hydrogen-bond donors (Lipinski definition) is 1. The van der Waals surface area contributed by atoms with Crippen LogP contribution in [-0.2, 0) is 10.0 Å². The van der Waals surface area contributed by atoms with Crippen molar-refractivity contribution < 1.29 is 13.2 Å². The molecule has 4 fully saturated rings. The number of piperazine rings is 1. The standard InChI is InChI=1S/C24H34N6O3S/c1-33-22-3-5-23(6-4-22)34(31,32)27-16-21-15-19-7-10-30(21)18-20(19)17-28-11-13-29(14-12-28)24-25-8-2-9-26-24/h2-6,8-9,19-21,27H,7,10-18H2,1H3. The van der Waals surface area contributed by atoms with Gasteiger partial charge in [0.15, 0.2) is 0 Å². The summed E-state index contributed by atoms with van der Waals surface area (Å²) in [5.74, 6) is 2.79. The van der Waals surface area contributed by atoms with E-state index in [1.807, 2.05) is 6.07 Å². The number of hydrogen-bond acceptors (Lipinski definition) is 8. The van der Waals surface area contributed by atoms with E-state index < -0.39 is 10.0 Å². The molecule has 0 aliphatic carbocycles. The van der Waals surface area contributed by atoms with Gasteiger partial charge in [0.1, 0.15) is 5.75 Å². The third-order valence-corrected chi connectivity index (χ3v) is 9.03. The highest BCUT2D eigenvalue weighted by Gasteiger charge is 2.41. The number of rotatable bonds is 8. The van der Waals surface area contributed by atoms with Crippen molar-refractivity contribution in [3.8, 4) is 5.75 Å². The maximum atomic E-state index is 12.7. The summed E-state index contributed by atoms with van der Waals surface area (Å²) < 4.78 is 33.5. The minimum atomic E-state index is -3.52. The Balaban J connectivity index is 1.11. The van der Waals surface area contributed by atoms with Gasteiger partial charge in [0.05, 0.1) is 12.0 Å². The summed E-state index contributed by atoms with van der Waals surface area (Å²) >= 11 is 0. The highest BCUT2D eigenvalue weighted by atomic mass is 32.2. The zero-order valence-electron chi connectivity index (χ0n) is 19.7. The number of anilines is 1. The van der Waals surface area contributed by atoms with Crippen molar-refractivity contribution >= 4 is 16.0 Å². The van der Waals surface area contributed by atoms with Gasteiger partial charge < -0.3 is 9.64 Å². The van der Waals surface area contributed by atoms with Gasteiger partial charge in [-0.1, -0.05) is 0 Å². The Morgan fingerprint density at radius 3 is 2.44 bits per heavy atom. The van der Waals surface area contributed by atoms with Crippen LogP contribution >= 0.6 is 0 Å². The van der Waals surface area contributed by atoms with Crippen LogP contribution in [-0.4, -0.2) is 93.7 Å². The molecule has 0 amide bonds. The van der Waals surface area contributed by atoms with Crippen LogP contribution in [0.1, 0.15) is 12.8 Å². The predicted octanol–water partition coefficient (Wildman–Crippen LogP) is 1.30. The van der Waals surface area contributed by atoms with Crippen LogP contribution in [0.2, 0.25) is 0 Å². The monoisotopic (exact) mass is 486 g/mol. The lowest BCUT2D eigenvalue weighted by molar-refractivity contribution is -0.0108. The molecule has 4 atom stereocenters. The molecule has 4 aliphatic rings. The largest absolute Gasteiger partial charge is 0.497 e. The van der Waals surface area contributed by atoms with Gasteiger partial charge in [0.25, 0.3) is 0 Å². The number of benzene rings is 1. The summed E-state index contributed by atoms with van der Waals surface area (Å²) in [6.45, 7) is 7.69. The van der Waals surface area contributed by atoms with Gasteiger partial charge in [-0.05, 0) is 61.6 Å². The minimum Gasteiger partial charge on any atom is -0.497 e. The molecule has 9 nitrogen and oxygen atoms in total. The first-order valence-corrected chi connectivity index (χ1v) is 13.6. The van der Waals surface area contributed by atoms with Crippen molar-refractivity contribution in [1.29, 1.82) is 0 Å². The highest BCUT2D eigenvalue weighted by Crippen LogP contribution is 2.36. The Kier molecular flexibility index (Phi) is 7.01. The number of ether oxygens (including phenoxy) is 1. The average Bonchev–Trinajstić information content (AvgIpc) is 2.89. The van der Waals surface area contributed by atoms with E-state index in [0.717, 1.165) is 58.2 Å². The van der Waals surface area contributed by atoms with Gasteiger partial charge in [-0.3, -0.25) is 9.80 Å². The predicted molar refractivity (Wildman–Crippen MR) is 130 cm³/mol. The number of piperidine rings is 3. The van der Waals surface area contributed by atoms with E-state index in [9.17, 15) is 8.42 Å². The number of fused-ring (bicyclic) bond motifs is 3. The van der Waals surface area contributed by atoms with Crippen molar-refractivity contribution in [3.63, 3.8) is 0 Å². The van der Waals surface area contributed by atoms with Crippen LogP contribution in [0, 0.1) is 11.8 Å². The molecule has 1 N–H and O–H groups in total. The molecule has 1 aromatic carbocycles. The lowest BCUT2D eigenvalue weighted by atomic mass is 9.75. The molecule has 1 aromatic heterocycles. The number of aromatic nitrogens is 2. The van der Waals surface area contributed by atoms with Crippen LogP contribution in [0.5, 0.6) is 5.75 Å². The number of nitrogens with zero attached hydrogens (tertiary/aromatic N) is 5. The molecule has 34 heavy (non-hydrogen) atoms. The third kappa shape index (κ3) is 5.19. The lowest BCUT2D eigenvalue weighted by Gasteiger charge is -2.51. The Morgan fingerprint density at radius 2 is 1.79 bits per heavy atom. The second-order valence-corrected chi connectivity index (χ2v) is 11.3. The van der Waals surface area contributed by atoms with Crippen molar-refractivity contribution in [1.82, 2.24) is 24.5 Å². The third-order valence-electron chi connectivity index (χ3n) is 7.59. The Morgan fingerprint density at radius 1 is 1.06 bits per heavy atom. The lowest BCUT2D eigenvalue weighted by Crippen LogP contribution is -2.59. The molecular formula is C24H34N6O3S. The van der Waals surface area contributed by atoms with Crippen molar-refractivity contribution in [2.75, 3.05) is 64.4 Å². The first kappa shape index (κ1) is 23.5. The SMILES string of the molecule is COc1ccc(S(=O)(=O)NCC2CC3CCN2CC3CN2CCN(c3ncccn3)CC2)cc1. The van der Waals surface area contributed by atoms with E-state index in [0.29, 0.717) is 24.1 Å². The zero-order valence-corrected chi connectivity index (χ0v) is 20.5. The molecule has 4 unspecified atom stereocenters. The van der Waals surface area contributed by atoms with Crippen molar-refractivity contribution in [2.45, 2.75) is 23.8 Å². The van der Waals surface area contributed by atoms with Crippen molar-refractivity contribution in [2.24, 2.45) is 11.8 Å². The molecule has 6 rings (SSSR count). The summed E-state index contributed by atoms with van der Waals surface area (Å²) in [7, 11) is -1.95. The molecule has 0 radical (unpaired) electrons. The Bertz CT molecular complexity index is 1040. The van der Waals surface area contributed by atoms with Gasteiger partial charge in [-0.25, -0.2) is 23.1 Å². The maximum Gasteiger partial charge on any atom is 0.240 e. The molecule has 0 spiro atoms. The van der Waals surface area contributed by atoms with Crippen LogP contribution in [0.4, 0.5) is 5.95 Å². The van der Waals surface area contributed by atoms with Gasteiger partial charge in [-0.2, -0.15) is 0 Å². The van der Waals surface area contributed by atoms with Crippen LogP contribution in [0.3, 0.4) is 0 Å². The minimum absolute atomic E-state index is 0.273. The summed E-state index contributed by atoms with van der Waals surface area (Å²) in [5, 5.41) is 0. The summed E-state index contributed by atoms with van der Waals surface area (Å²) in [5.41, 5.74) is 0.